The molecule has 1 unspecified atom stereocenters. The Bertz CT molecular complexity index is 617. The minimum Gasteiger partial charge on any atom is -0.496 e. The fraction of sp³-hybridized carbons (Fsp3) is 0.200. The molecule has 0 amide bonds. The zero-order valence-corrected chi connectivity index (χ0v) is 12.2. The molecular formula is C15H13Cl2FO2. The van der Waals surface area contributed by atoms with Gasteiger partial charge >= 0.3 is 0 Å². The molecule has 0 aromatic heterocycles. The van der Waals surface area contributed by atoms with Crippen LogP contribution in [0, 0.1) is 5.82 Å². The van der Waals surface area contributed by atoms with E-state index in [1.54, 1.807) is 30.3 Å². The van der Waals surface area contributed by atoms with Gasteiger partial charge in [0.25, 0.3) is 0 Å². The van der Waals surface area contributed by atoms with E-state index in [0.717, 1.165) is 0 Å². The Morgan fingerprint density at radius 2 is 1.90 bits per heavy atom. The average Bonchev–Trinajstić information content (AvgIpc) is 2.43. The van der Waals surface area contributed by atoms with Gasteiger partial charge in [-0.25, -0.2) is 4.39 Å². The van der Waals surface area contributed by atoms with Gasteiger partial charge in [0.05, 0.1) is 23.3 Å². The first-order valence-electron chi connectivity index (χ1n) is 5.98. The van der Waals surface area contributed by atoms with Crippen LogP contribution in [-0.4, -0.2) is 12.2 Å². The van der Waals surface area contributed by atoms with Crippen LogP contribution in [0.1, 0.15) is 17.2 Å². The number of rotatable bonds is 4. The first-order chi connectivity index (χ1) is 9.54. The number of aliphatic hydroxyl groups excluding tert-OH is 1. The summed E-state index contributed by atoms with van der Waals surface area (Å²) in [6.45, 7) is 0. The van der Waals surface area contributed by atoms with Gasteiger partial charge in [-0.2, -0.15) is 0 Å². The van der Waals surface area contributed by atoms with E-state index >= 15 is 0 Å². The van der Waals surface area contributed by atoms with Gasteiger partial charge < -0.3 is 9.84 Å². The summed E-state index contributed by atoms with van der Waals surface area (Å²) in [7, 11) is 1.50. The largest absolute Gasteiger partial charge is 0.496 e. The highest BCUT2D eigenvalue weighted by molar-refractivity contribution is 6.32. The second-order valence-electron chi connectivity index (χ2n) is 4.29. The SMILES string of the molecule is COc1cccc(Cl)c1C(O)Cc1cccc(F)c1Cl. The van der Waals surface area contributed by atoms with Gasteiger partial charge in [-0.1, -0.05) is 41.4 Å². The van der Waals surface area contributed by atoms with E-state index in [2.05, 4.69) is 0 Å². The maximum Gasteiger partial charge on any atom is 0.142 e. The van der Waals surface area contributed by atoms with Crippen LogP contribution in [0.15, 0.2) is 36.4 Å². The van der Waals surface area contributed by atoms with Gasteiger partial charge in [-0.3, -0.25) is 0 Å². The fourth-order valence-electron chi connectivity index (χ4n) is 2.04. The lowest BCUT2D eigenvalue weighted by atomic mass is 10.0. The van der Waals surface area contributed by atoms with E-state index in [4.69, 9.17) is 27.9 Å². The highest BCUT2D eigenvalue weighted by Crippen LogP contribution is 2.35. The molecule has 0 heterocycles. The number of benzene rings is 2. The summed E-state index contributed by atoms with van der Waals surface area (Å²) in [5.74, 6) is -0.0278. The molecule has 106 valence electrons. The second kappa shape index (κ2) is 6.44. The summed E-state index contributed by atoms with van der Waals surface area (Å²) in [6, 6.07) is 9.58. The molecule has 0 spiro atoms. The van der Waals surface area contributed by atoms with Crippen molar-refractivity contribution >= 4 is 23.2 Å². The van der Waals surface area contributed by atoms with Gasteiger partial charge in [-0.15, -0.1) is 0 Å². The zero-order valence-electron chi connectivity index (χ0n) is 10.7. The lowest BCUT2D eigenvalue weighted by Crippen LogP contribution is -2.06. The lowest BCUT2D eigenvalue weighted by Gasteiger charge is -2.17. The molecule has 0 fully saturated rings. The molecule has 2 nitrogen and oxygen atoms in total. The summed E-state index contributed by atoms with van der Waals surface area (Å²) in [5.41, 5.74) is 0.984. The average molecular weight is 315 g/mol. The van der Waals surface area contributed by atoms with Gasteiger partial charge in [-0.05, 0) is 23.8 Å². The summed E-state index contributed by atoms with van der Waals surface area (Å²) in [6.07, 6.45) is -0.783. The van der Waals surface area contributed by atoms with Crippen LogP contribution < -0.4 is 4.74 Å². The van der Waals surface area contributed by atoms with Crippen LogP contribution in [0.4, 0.5) is 4.39 Å². The van der Waals surface area contributed by atoms with Crippen LogP contribution in [-0.2, 0) is 6.42 Å². The smallest absolute Gasteiger partial charge is 0.142 e. The Morgan fingerprint density at radius 1 is 1.20 bits per heavy atom. The zero-order chi connectivity index (χ0) is 14.7. The number of halogens is 3. The molecule has 1 N–H and O–H groups in total. The van der Waals surface area contributed by atoms with E-state index in [0.29, 0.717) is 21.9 Å². The van der Waals surface area contributed by atoms with Gasteiger partial charge in [0, 0.05) is 12.0 Å². The lowest BCUT2D eigenvalue weighted by molar-refractivity contribution is 0.174. The fourth-order valence-corrected chi connectivity index (χ4v) is 2.53. The number of ether oxygens (including phenoxy) is 1. The first-order valence-corrected chi connectivity index (χ1v) is 6.73. The highest BCUT2D eigenvalue weighted by Gasteiger charge is 2.19. The van der Waals surface area contributed by atoms with Crippen LogP contribution in [0.2, 0.25) is 10.0 Å². The minimum atomic E-state index is -0.932. The van der Waals surface area contributed by atoms with Crippen LogP contribution in [0.5, 0.6) is 5.75 Å². The van der Waals surface area contributed by atoms with Crippen molar-refractivity contribution < 1.29 is 14.2 Å². The highest BCUT2D eigenvalue weighted by atomic mass is 35.5. The van der Waals surface area contributed by atoms with Gasteiger partial charge in [0.15, 0.2) is 0 Å². The second-order valence-corrected chi connectivity index (χ2v) is 5.07. The molecule has 1 atom stereocenters. The molecule has 0 aliphatic carbocycles. The van der Waals surface area contributed by atoms with E-state index in [-0.39, 0.29) is 11.4 Å². The normalized spacial score (nSPS) is 12.2. The molecular weight excluding hydrogens is 302 g/mol. The Labute approximate surface area is 126 Å². The summed E-state index contributed by atoms with van der Waals surface area (Å²) in [5, 5.41) is 10.7. The van der Waals surface area contributed by atoms with Crippen molar-refractivity contribution in [3.05, 3.63) is 63.4 Å². The first kappa shape index (κ1) is 15.1. The quantitative estimate of drug-likeness (QED) is 0.905. The predicted molar refractivity (Wildman–Crippen MR) is 78.1 cm³/mol. The summed E-state index contributed by atoms with van der Waals surface area (Å²) >= 11 is 12.0. The van der Waals surface area contributed by atoms with Crippen molar-refractivity contribution in [1.29, 1.82) is 0 Å². The molecule has 0 saturated heterocycles. The maximum absolute atomic E-state index is 13.4. The minimum absolute atomic E-state index is 0.0116. The Balaban J connectivity index is 2.33. The van der Waals surface area contributed by atoms with Crippen molar-refractivity contribution in [3.63, 3.8) is 0 Å². The molecule has 0 radical (unpaired) electrons. The van der Waals surface area contributed by atoms with Crippen LogP contribution in [0.25, 0.3) is 0 Å². The van der Waals surface area contributed by atoms with E-state index in [1.165, 1.54) is 13.2 Å². The number of hydrogen-bond acceptors (Lipinski definition) is 2. The monoisotopic (exact) mass is 314 g/mol. The third-order valence-corrected chi connectivity index (χ3v) is 3.76. The van der Waals surface area contributed by atoms with Crippen molar-refractivity contribution in [3.8, 4) is 5.75 Å². The number of methoxy groups -OCH3 is 1. The topological polar surface area (TPSA) is 29.5 Å². The third kappa shape index (κ3) is 3.06. The van der Waals surface area contributed by atoms with Crippen molar-refractivity contribution in [2.24, 2.45) is 0 Å². The molecule has 2 aromatic carbocycles. The van der Waals surface area contributed by atoms with Crippen molar-refractivity contribution in [2.75, 3.05) is 7.11 Å². The molecule has 0 aliphatic heterocycles. The van der Waals surface area contributed by atoms with E-state index in [1.807, 2.05) is 0 Å². The predicted octanol–water partition coefficient (Wildman–Crippen LogP) is 4.42. The van der Waals surface area contributed by atoms with Gasteiger partial charge in [0.1, 0.15) is 11.6 Å². The van der Waals surface area contributed by atoms with Crippen molar-refractivity contribution in [2.45, 2.75) is 12.5 Å². The number of hydrogen-bond donors (Lipinski definition) is 1. The molecule has 0 bridgehead atoms. The summed E-state index contributed by atoms with van der Waals surface area (Å²) < 4.78 is 18.6. The summed E-state index contributed by atoms with van der Waals surface area (Å²) in [4.78, 5) is 0. The van der Waals surface area contributed by atoms with Crippen molar-refractivity contribution in [1.82, 2.24) is 0 Å². The van der Waals surface area contributed by atoms with Gasteiger partial charge in [0.2, 0.25) is 0 Å². The Kier molecular flexibility index (Phi) is 4.86. The van der Waals surface area contributed by atoms with E-state index in [9.17, 15) is 9.50 Å². The molecule has 2 rings (SSSR count). The van der Waals surface area contributed by atoms with Crippen LogP contribution in [0.3, 0.4) is 0 Å². The maximum atomic E-state index is 13.4. The Hall–Kier alpha value is -1.29. The molecule has 0 aliphatic rings. The van der Waals surface area contributed by atoms with Crippen LogP contribution >= 0.6 is 23.2 Å². The molecule has 2 aromatic rings. The third-order valence-electron chi connectivity index (χ3n) is 3.01. The standard InChI is InChI=1S/C15H13Cl2FO2/c1-20-13-7-3-5-10(16)14(13)12(19)8-9-4-2-6-11(18)15(9)17/h2-7,12,19H,8H2,1H3. The van der Waals surface area contributed by atoms with E-state index < -0.39 is 11.9 Å². The number of aliphatic hydroxyl groups is 1. The molecule has 5 heteroatoms. The molecule has 0 saturated carbocycles. The molecule has 20 heavy (non-hydrogen) atoms. The Morgan fingerprint density at radius 3 is 2.60 bits per heavy atom.